The van der Waals surface area contributed by atoms with Crippen LogP contribution in [0, 0.1) is 11.3 Å². The number of carbonyl (C=O) groups excluding carboxylic acids is 1. The number of hydrogen-bond donors (Lipinski definition) is 0. The van der Waals surface area contributed by atoms with E-state index in [0.717, 1.165) is 32.4 Å². The first-order valence-electron chi connectivity index (χ1n) is 8.13. The Bertz CT molecular complexity index is 358. The standard InChI is InChI=1S/C17H32N2O/c1-16(2)10-7-15(20)14(11-16)12-19(5)13-17(18(3)4)8-6-9-17/h14H,6-13H2,1-5H3. The van der Waals surface area contributed by atoms with Gasteiger partial charge in [0.25, 0.3) is 0 Å². The third kappa shape index (κ3) is 3.43. The molecule has 2 aliphatic carbocycles. The molecule has 2 aliphatic rings. The molecule has 0 aromatic carbocycles. The fourth-order valence-electron chi connectivity index (χ4n) is 3.99. The monoisotopic (exact) mass is 280 g/mol. The molecular formula is C17H32N2O. The molecule has 0 aromatic rings. The maximum absolute atomic E-state index is 12.2. The summed E-state index contributed by atoms with van der Waals surface area (Å²) in [6, 6.07) is 0. The molecule has 0 N–H and O–H groups in total. The summed E-state index contributed by atoms with van der Waals surface area (Å²) in [7, 11) is 6.59. The number of carbonyl (C=O) groups is 1. The lowest BCUT2D eigenvalue weighted by atomic mass is 9.71. The van der Waals surface area contributed by atoms with Crippen LogP contribution in [0.1, 0.15) is 52.4 Å². The Kier molecular flexibility index (Phi) is 4.60. The Morgan fingerprint density at radius 2 is 1.80 bits per heavy atom. The van der Waals surface area contributed by atoms with Crippen molar-refractivity contribution in [3.63, 3.8) is 0 Å². The van der Waals surface area contributed by atoms with Gasteiger partial charge < -0.3 is 9.80 Å². The molecular weight excluding hydrogens is 248 g/mol. The van der Waals surface area contributed by atoms with Gasteiger partial charge in [0.1, 0.15) is 5.78 Å². The Morgan fingerprint density at radius 1 is 1.15 bits per heavy atom. The van der Waals surface area contributed by atoms with Crippen molar-refractivity contribution in [2.75, 3.05) is 34.2 Å². The highest BCUT2D eigenvalue weighted by atomic mass is 16.1. The molecule has 116 valence electrons. The Hall–Kier alpha value is -0.410. The zero-order valence-electron chi connectivity index (χ0n) is 14.0. The topological polar surface area (TPSA) is 23.6 Å². The Morgan fingerprint density at radius 3 is 2.30 bits per heavy atom. The van der Waals surface area contributed by atoms with Crippen molar-refractivity contribution in [1.82, 2.24) is 9.80 Å². The number of hydrogen-bond acceptors (Lipinski definition) is 3. The second-order valence-corrected chi connectivity index (χ2v) is 8.20. The molecule has 0 saturated heterocycles. The van der Waals surface area contributed by atoms with E-state index in [1.807, 2.05) is 0 Å². The zero-order chi connectivity index (χ0) is 15.0. The molecule has 20 heavy (non-hydrogen) atoms. The summed E-state index contributed by atoms with van der Waals surface area (Å²) in [5, 5.41) is 0. The summed E-state index contributed by atoms with van der Waals surface area (Å²) in [4.78, 5) is 17.0. The highest BCUT2D eigenvalue weighted by Gasteiger charge is 2.41. The lowest BCUT2D eigenvalue weighted by Crippen LogP contribution is -2.57. The van der Waals surface area contributed by atoms with Crippen molar-refractivity contribution in [2.24, 2.45) is 11.3 Å². The third-order valence-corrected chi connectivity index (χ3v) is 5.63. The van der Waals surface area contributed by atoms with Crippen LogP contribution in [0.2, 0.25) is 0 Å². The fourth-order valence-corrected chi connectivity index (χ4v) is 3.99. The van der Waals surface area contributed by atoms with Gasteiger partial charge >= 0.3 is 0 Å². The zero-order valence-corrected chi connectivity index (χ0v) is 14.0. The average Bonchev–Trinajstić information content (AvgIpc) is 2.28. The predicted molar refractivity (Wildman–Crippen MR) is 83.9 cm³/mol. The van der Waals surface area contributed by atoms with Crippen molar-refractivity contribution in [3.05, 3.63) is 0 Å². The van der Waals surface area contributed by atoms with Gasteiger partial charge in [-0.25, -0.2) is 0 Å². The molecule has 2 fully saturated rings. The summed E-state index contributed by atoms with van der Waals surface area (Å²) >= 11 is 0. The maximum atomic E-state index is 12.2. The first-order valence-corrected chi connectivity index (χ1v) is 8.13. The quantitative estimate of drug-likeness (QED) is 0.773. The fraction of sp³-hybridized carbons (Fsp3) is 0.941. The van der Waals surface area contributed by atoms with Crippen molar-refractivity contribution in [2.45, 2.75) is 57.9 Å². The van der Waals surface area contributed by atoms with Crippen LogP contribution in [0.15, 0.2) is 0 Å². The van der Waals surface area contributed by atoms with Crippen LogP contribution in [-0.2, 0) is 4.79 Å². The summed E-state index contributed by atoms with van der Waals surface area (Å²) in [5.41, 5.74) is 0.705. The lowest BCUT2D eigenvalue weighted by Gasteiger charge is -2.50. The maximum Gasteiger partial charge on any atom is 0.137 e. The van der Waals surface area contributed by atoms with Crippen molar-refractivity contribution >= 4 is 5.78 Å². The lowest BCUT2D eigenvalue weighted by molar-refractivity contribution is -0.128. The number of nitrogens with zero attached hydrogens (tertiary/aromatic N) is 2. The van der Waals surface area contributed by atoms with Crippen molar-refractivity contribution < 1.29 is 4.79 Å². The first-order chi connectivity index (χ1) is 9.24. The minimum atomic E-state index is 0.253. The van der Waals surface area contributed by atoms with E-state index in [1.165, 1.54) is 19.3 Å². The third-order valence-electron chi connectivity index (χ3n) is 5.63. The van der Waals surface area contributed by atoms with Gasteiger partial charge in [0, 0.05) is 31.0 Å². The van der Waals surface area contributed by atoms with Gasteiger partial charge in [-0.05, 0) is 58.7 Å². The van der Waals surface area contributed by atoms with Crippen LogP contribution >= 0.6 is 0 Å². The number of ketones is 1. The van der Waals surface area contributed by atoms with E-state index in [0.29, 0.717) is 16.7 Å². The van der Waals surface area contributed by atoms with Gasteiger partial charge in [0.05, 0.1) is 0 Å². The van der Waals surface area contributed by atoms with E-state index >= 15 is 0 Å². The number of likely N-dealkylation sites (N-methyl/N-ethyl adjacent to an activating group) is 2. The largest absolute Gasteiger partial charge is 0.304 e. The van der Waals surface area contributed by atoms with Gasteiger partial charge in [0.15, 0.2) is 0 Å². The average molecular weight is 280 g/mol. The van der Waals surface area contributed by atoms with Crippen LogP contribution in [0.3, 0.4) is 0 Å². The number of Topliss-reactive ketones (excluding diaryl/α,β-unsaturated/α-hetero) is 1. The van der Waals surface area contributed by atoms with Crippen LogP contribution in [0.4, 0.5) is 0 Å². The summed E-state index contributed by atoms with van der Waals surface area (Å²) in [5.74, 6) is 0.742. The van der Waals surface area contributed by atoms with Gasteiger partial charge in [-0.15, -0.1) is 0 Å². The second-order valence-electron chi connectivity index (χ2n) is 8.20. The molecule has 0 aromatic heterocycles. The molecule has 3 heteroatoms. The van der Waals surface area contributed by atoms with Crippen molar-refractivity contribution in [1.29, 1.82) is 0 Å². The Labute approximate surface area is 124 Å². The Balaban J connectivity index is 1.90. The summed E-state index contributed by atoms with van der Waals surface area (Å²) in [6.07, 6.45) is 6.85. The molecule has 0 bridgehead atoms. The van der Waals surface area contributed by atoms with Gasteiger partial charge in [-0.3, -0.25) is 4.79 Å². The van der Waals surface area contributed by atoms with Crippen LogP contribution < -0.4 is 0 Å². The normalized spacial score (nSPS) is 28.8. The SMILES string of the molecule is CN(CC1CC(C)(C)CCC1=O)CC1(N(C)C)CCC1. The molecule has 0 spiro atoms. The minimum Gasteiger partial charge on any atom is -0.304 e. The van der Waals surface area contributed by atoms with Crippen molar-refractivity contribution in [3.8, 4) is 0 Å². The van der Waals surface area contributed by atoms with Crippen LogP contribution in [-0.4, -0.2) is 55.4 Å². The molecule has 3 nitrogen and oxygen atoms in total. The van der Waals surface area contributed by atoms with E-state index in [-0.39, 0.29) is 5.92 Å². The summed E-state index contributed by atoms with van der Waals surface area (Å²) in [6.45, 7) is 6.65. The van der Waals surface area contributed by atoms with E-state index in [4.69, 9.17) is 0 Å². The van der Waals surface area contributed by atoms with Crippen LogP contribution in [0.5, 0.6) is 0 Å². The molecule has 2 saturated carbocycles. The number of rotatable bonds is 5. The van der Waals surface area contributed by atoms with E-state index in [9.17, 15) is 4.79 Å². The predicted octanol–water partition coefficient (Wildman–Crippen LogP) is 2.80. The molecule has 0 radical (unpaired) electrons. The molecule has 1 atom stereocenters. The van der Waals surface area contributed by atoms with Gasteiger partial charge in [-0.1, -0.05) is 13.8 Å². The van der Waals surface area contributed by atoms with E-state index < -0.39 is 0 Å². The molecule has 0 amide bonds. The van der Waals surface area contributed by atoms with Gasteiger partial charge in [0.2, 0.25) is 0 Å². The highest BCUT2D eigenvalue weighted by molar-refractivity contribution is 5.82. The molecule has 0 aliphatic heterocycles. The first kappa shape index (κ1) is 16.0. The molecule has 2 rings (SSSR count). The highest BCUT2D eigenvalue weighted by Crippen LogP contribution is 2.39. The molecule has 0 heterocycles. The van der Waals surface area contributed by atoms with Crippen LogP contribution in [0.25, 0.3) is 0 Å². The van der Waals surface area contributed by atoms with Gasteiger partial charge in [-0.2, -0.15) is 0 Å². The smallest absolute Gasteiger partial charge is 0.137 e. The summed E-state index contributed by atoms with van der Waals surface area (Å²) < 4.78 is 0. The van der Waals surface area contributed by atoms with E-state index in [1.54, 1.807) is 0 Å². The second kappa shape index (κ2) is 5.76. The van der Waals surface area contributed by atoms with E-state index in [2.05, 4.69) is 44.8 Å². The molecule has 1 unspecified atom stereocenters. The minimum absolute atomic E-state index is 0.253.